The highest BCUT2D eigenvalue weighted by molar-refractivity contribution is 7.20. The van der Waals surface area contributed by atoms with E-state index in [1.54, 1.807) is 22.7 Å². The second kappa shape index (κ2) is 20.8. The summed E-state index contributed by atoms with van der Waals surface area (Å²) < 4.78 is 344. The van der Waals surface area contributed by atoms with Crippen LogP contribution in [0.2, 0.25) is 0 Å². The lowest BCUT2D eigenvalue weighted by Gasteiger charge is -2.46. The molecule has 0 atom stereocenters. The molecule has 0 saturated heterocycles. The Labute approximate surface area is 428 Å². The minimum Gasteiger partial charge on any atom is -0.194 e. The standard InChI is InChI=1S/C32H12BF24.C12H8Cl2IS2/c34-25(35,36)13-1-14(26(37,38)39)6-21(5-13)33(22-7-15(27(40,41)42)2-16(8-22)28(43,44)45,23-9-17(29(46,47)48)3-18(10-23)30(49,50)51)24-11-19(31(52,53)54)4-20(12-24)32(55,56)57;1-7(13)9-3-5-11(16-9)15-12-6-4-10(17-12)8(2)14/h1-12H;3-6H,1-2H2/q-1;+1. The monoisotopic (exact) mass is 1280 g/mol. The Balaban J connectivity index is 0.000000500. The number of thiophene rings is 2. The molecule has 0 unspecified atom stereocenters. The molecule has 400 valence electrons. The fraction of sp³-hybridized carbons (Fsp3) is 0.182. The number of rotatable bonds is 8. The van der Waals surface area contributed by atoms with Gasteiger partial charge in [-0.1, -0.05) is 108 Å². The van der Waals surface area contributed by atoms with E-state index in [1.165, 1.54) is 5.77 Å². The van der Waals surface area contributed by atoms with Gasteiger partial charge in [-0.15, -0.1) is 0 Å². The average molecular weight is 1280 g/mol. The van der Waals surface area contributed by atoms with Gasteiger partial charge in [0.05, 0.1) is 54.6 Å². The van der Waals surface area contributed by atoms with Gasteiger partial charge in [-0.05, 0) is 36.4 Å². The Morgan fingerprint density at radius 2 is 0.500 bits per heavy atom. The topological polar surface area (TPSA) is 0 Å². The summed E-state index contributed by atoms with van der Waals surface area (Å²) in [5.41, 5.74) is -30.2. The van der Waals surface area contributed by atoms with Crippen LogP contribution < -0.4 is 43.1 Å². The normalized spacial score (nSPS) is 13.4. The molecule has 0 saturated carbocycles. The molecular formula is C44H20BCl2F24IS2. The smallest absolute Gasteiger partial charge is 0.194 e. The van der Waals surface area contributed by atoms with Crippen molar-refractivity contribution in [1.29, 1.82) is 0 Å². The molecule has 2 heterocycles. The van der Waals surface area contributed by atoms with E-state index in [9.17, 15) is 105 Å². The second-order valence-corrected chi connectivity index (χ2v) is 22.7. The van der Waals surface area contributed by atoms with Crippen molar-refractivity contribution in [3.8, 4) is 0 Å². The fourth-order valence-electron chi connectivity index (χ4n) is 7.18. The first kappa shape index (κ1) is 60.3. The van der Waals surface area contributed by atoms with Crippen molar-refractivity contribution >= 4 is 83.9 Å². The van der Waals surface area contributed by atoms with Gasteiger partial charge in [-0.3, -0.25) is 0 Å². The Bertz CT molecular complexity index is 2570. The van der Waals surface area contributed by atoms with Crippen LogP contribution in [0.5, 0.6) is 0 Å². The van der Waals surface area contributed by atoms with Gasteiger partial charge in [-0.25, -0.2) is 0 Å². The number of alkyl halides is 24. The Hall–Kier alpha value is -4.55. The zero-order valence-corrected chi connectivity index (χ0v) is 40.6. The van der Waals surface area contributed by atoms with E-state index in [0.717, 1.165) is 9.75 Å². The average Bonchev–Trinajstić information content (AvgIpc) is 3.92. The van der Waals surface area contributed by atoms with E-state index >= 15 is 0 Å². The third kappa shape index (κ3) is 14.1. The van der Waals surface area contributed by atoms with Gasteiger partial charge in [0.25, 0.3) is 0 Å². The van der Waals surface area contributed by atoms with Crippen LogP contribution in [-0.4, -0.2) is 6.15 Å². The molecule has 6 aromatic rings. The zero-order valence-electron chi connectivity index (χ0n) is 35.3. The molecule has 6 rings (SSSR count). The van der Waals surface area contributed by atoms with Crippen LogP contribution in [0.15, 0.2) is 110 Å². The van der Waals surface area contributed by atoms with Gasteiger partial charge in [0.1, 0.15) is 6.15 Å². The molecule has 0 fully saturated rings. The predicted octanol–water partition coefficient (Wildman–Crippen LogP) is 13.6. The third-order valence-electron chi connectivity index (χ3n) is 10.3. The highest BCUT2D eigenvalue weighted by atomic mass is 127. The zero-order chi connectivity index (χ0) is 56.3. The molecule has 2 aromatic heterocycles. The maximum Gasteiger partial charge on any atom is 0.416 e. The van der Waals surface area contributed by atoms with Gasteiger partial charge >= 0.3 is 70.6 Å². The number of hydrogen-bond donors (Lipinski definition) is 0. The van der Waals surface area contributed by atoms with E-state index < -0.39 is 195 Å². The van der Waals surface area contributed by atoms with Crippen molar-refractivity contribution in [3.05, 3.63) is 170 Å². The molecule has 0 bridgehead atoms. The summed E-state index contributed by atoms with van der Waals surface area (Å²) in [6, 6.07) is -0.477. The number of hydrogen-bond acceptors (Lipinski definition) is 2. The summed E-state index contributed by atoms with van der Waals surface area (Å²) in [5, 5.41) is 1.23. The molecule has 0 aliphatic rings. The molecule has 4 aromatic carbocycles. The van der Waals surface area contributed by atoms with Crippen LogP contribution in [-0.2, 0) is 49.4 Å². The lowest BCUT2D eigenvalue weighted by molar-refractivity contribution is -0.585. The molecule has 0 aliphatic heterocycles. The third-order valence-corrected chi connectivity index (χ3v) is 16.9. The van der Waals surface area contributed by atoms with Crippen molar-refractivity contribution < 1.29 is 127 Å². The van der Waals surface area contributed by atoms with Crippen LogP contribution in [0, 0.1) is 5.77 Å². The quantitative estimate of drug-likeness (QED) is 0.0809. The lowest BCUT2D eigenvalue weighted by atomic mass is 9.12. The van der Waals surface area contributed by atoms with Crippen molar-refractivity contribution in [2.75, 3.05) is 0 Å². The SMILES string of the molecule is C=C(Cl)c1ccc([I+]c2ccc(C(=C)Cl)s2)s1.FC(F)(F)c1cc([B-](c2cc(C(F)(F)F)cc(C(F)(F)F)c2)(c2cc(C(F)(F)F)cc(C(F)(F)F)c2)c2cc(C(F)(F)F)cc(C(F)(F)F)c2)cc(C(F)(F)F)c1. The predicted molar refractivity (Wildman–Crippen MR) is 226 cm³/mol. The molecule has 0 aliphatic carbocycles. The Kier molecular flexibility index (Phi) is 16.9. The summed E-state index contributed by atoms with van der Waals surface area (Å²) in [5.74, 6) is 0. The highest BCUT2D eigenvalue weighted by Gasteiger charge is 2.47. The van der Waals surface area contributed by atoms with Crippen LogP contribution in [0.4, 0.5) is 105 Å². The van der Waals surface area contributed by atoms with Crippen molar-refractivity contribution in [2.24, 2.45) is 0 Å². The summed E-state index contributed by atoms with van der Waals surface area (Å²) in [4.78, 5) is 2.11. The molecular weight excluding hydrogens is 1260 g/mol. The van der Waals surface area contributed by atoms with E-state index in [2.05, 4.69) is 25.3 Å². The largest absolute Gasteiger partial charge is 0.416 e. The van der Waals surface area contributed by atoms with Crippen LogP contribution in [0.1, 0.15) is 54.3 Å². The number of benzene rings is 4. The molecule has 0 N–H and O–H groups in total. The fourth-order valence-corrected chi connectivity index (χ4v) is 13.6. The Morgan fingerprint density at radius 3 is 0.635 bits per heavy atom. The summed E-state index contributed by atoms with van der Waals surface area (Å²) in [6.07, 6.45) is -54.8. The van der Waals surface area contributed by atoms with Gasteiger partial charge in [0.2, 0.25) is 5.77 Å². The van der Waals surface area contributed by atoms with Crippen molar-refractivity contribution in [1.82, 2.24) is 0 Å². The summed E-state index contributed by atoms with van der Waals surface area (Å²) in [7, 11) is 0. The minimum atomic E-state index is -6.13. The summed E-state index contributed by atoms with van der Waals surface area (Å²) >= 11 is 15.0. The maximum atomic E-state index is 14.2. The first-order chi connectivity index (χ1) is 33.3. The van der Waals surface area contributed by atoms with Crippen LogP contribution >= 0.6 is 45.9 Å². The van der Waals surface area contributed by atoms with Gasteiger partial charge in [0, 0.05) is 21.9 Å². The van der Waals surface area contributed by atoms with E-state index in [0.29, 0.717) is 10.1 Å². The molecule has 0 nitrogen and oxygen atoms in total. The minimum absolute atomic E-state index is 0.143. The number of halogens is 27. The summed E-state index contributed by atoms with van der Waals surface area (Å²) in [6.45, 7) is 7.47. The van der Waals surface area contributed by atoms with E-state index in [-0.39, 0.29) is 21.2 Å². The van der Waals surface area contributed by atoms with Crippen LogP contribution in [0.3, 0.4) is 0 Å². The van der Waals surface area contributed by atoms with Crippen molar-refractivity contribution in [3.63, 3.8) is 0 Å². The first-order valence-electron chi connectivity index (χ1n) is 19.2. The second-order valence-electron chi connectivity index (χ2n) is 15.3. The Morgan fingerprint density at radius 1 is 0.324 bits per heavy atom. The van der Waals surface area contributed by atoms with Gasteiger partial charge < -0.3 is 0 Å². The van der Waals surface area contributed by atoms with Gasteiger partial charge in [0.15, 0.2) is 0 Å². The van der Waals surface area contributed by atoms with E-state index in [4.69, 9.17) is 23.2 Å². The molecule has 74 heavy (non-hydrogen) atoms. The maximum absolute atomic E-state index is 14.2. The van der Waals surface area contributed by atoms with Crippen LogP contribution in [0.25, 0.3) is 10.1 Å². The van der Waals surface area contributed by atoms with Crippen molar-refractivity contribution in [2.45, 2.75) is 49.4 Å². The van der Waals surface area contributed by atoms with Gasteiger partial charge in [-0.2, -0.15) is 127 Å². The lowest BCUT2D eigenvalue weighted by Crippen LogP contribution is -3.61. The molecule has 0 amide bonds. The highest BCUT2D eigenvalue weighted by Crippen LogP contribution is 2.41. The first-order valence-corrected chi connectivity index (χ1v) is 23.8. The molecule has 0 spiro atoms. The van der Waals surface area contributed by atoms with E-state index in [1.807, 2.05) is 12.1 Å². The molecule has 0 radical (unpaired) electrons. The molecule has 30 heteroatoms.